The van der Waals surface area contributed by atoms with Crippen LogP contribution in [0.4, 0.5) is 4.39 Å². The van der Waals surface area contributed by atoms with Crippen LogP contribution in [0.3, 0.4) is 0 Å². The van der Waals surface area contributed by atoms with Gasteiger partial charge in [-0.3, -0.25) is 0 Å². The Morgan fingerprint density at radius 3 is 2.57 bits per heavy atom. The average molecular weight is 370 g/mol. The van der Waals surface area contributed by atoms with Crippen molar-refractivity contribution in [3.05, 3.63) is 57.8 Å². The van der Waals surface area contributed by atoms with Crippen molar-refractivity contribution >= 4 is 33.1 Å². The highest BCUT2D eigenvalue weighted by Gasteiger charge is 2.09. The van der Waals surface area contributed by atoms with Gasteiger partial charge in [-0.05, 0) is 35.9 Å². The van der Waals surface area contributed by atoms with Gasteiger partial charge in [-0.25, -0.2) is 4.39 Å². The fourth-order valence-corrected chi connectivity index (χ4v) is 2.30. The van der Waals surface area contributed by atoms with E-state index in [0.29, 0.717) is 16.9 Å². The maximum Gasteiger partial charge on any atom is 0.165 e. The Bertz CT molecular complexity index is 679. The van der Waals surface area contributed by atoms with E-state index in [1.54, 1.807) is 24.3 Å². The Morgan fingerprint density at radius 1 is 1.24 bits per heavy atom. The molecule has 0 atom stereocenters. The summed E-state index contributed by atoms with van der Waals surface area (Å²) in [5.74, 6) is 0.331. The molecule has 0 aromatic heterocycles. The van der Waals surface area contributed by atoms with E-state index < -0.39 is 5.82 Å². The van der Waals surface area contributed by atoms with E-state index in [4.69, 9.17) is 27.4 Å². The highest BCUT2D eigenvalue weighted by Crippen LogP contribution is 2.25. The third-order valence-electron chi connectivity index (χ3n) is 2.82. The van der Waals surface area contributed by atoms with E-state index in [1.165, 1.54) is 13.2 Å². The zero-order valence-corrected chi connectivity index (χ0v) is 13.6. The second kappa shape index (κ2) is 6.87. The molecule has 0 fully saturated rings. The maximum atomic E-state index is 13.6. The van der Waals surface area contributed by atoms with Gasteiger partial charge in [-0.1, -0.05) is 34.2 Å². The molecule has 0 aliphatic rings. The lowest BCUT2D eigenvalue weighted by Crippen LogP contribution is -2.11. The largest absolute Gasteiger partial charge is 0.494 e. The summed E-state index contributed by atoms with van der Waals surface area (Å²) in [6.07, 6.45) is 0. The number of ether oxygens (including phenoxy) is 2. The van der Waals surface area contributed by atoms with Gasteiger partial charge in [0.25, 0.3) is 0 Å². The Kier molecular flexibility index (Phi) is 5.14. The first kappa shape index (κ1) is 15.7. The molecular formula is C15H13BrFNO2S. The van der Waals surface area contributed by atoms with E-state index >= 15 is 0 Å². The van der Waals surface area contributed by atoms with Crippen LogP contribution in [0.5, 0.6) is 11.5 Å². The molecule has 3 nitrogen and oxygen atoms in total. The highest BCUT2D eigenvalue weighted by atomic mass is 79.9. The first-order valence-corrected chi connectivity index (χ1v) is 7.26. The zero-order valence-electron chi connectivity index (χ0n) is 11.2. The molecule has 2 aromatic carbocycles. The highest BCUT2D eigenvalue weighted by molar-refractivity contribution is 9.10. The van der Waals surface area contributed by atoms with Crippen molar-refractivity contribution in [2.24, 2.45) is 5.73 Å². The summed E-state index contributed by atoms with van der Waals surface area (Å²) in [5, 5.41) is 0. The summed E-state index contributed by atoms with van der Waals surface area (Å²) in [4.78, 5) is 0.243. The van der Waals surface area contributed by atoms with Crippen molar-refractivity contribution in [2.75, 3.05) is 7.11 Å². The fourth-order valence-electron chi connectivity index (χ4n) is 1.78. The van der Waals surface area contributed by atoms with E-state index in [9.17, 15) is 4.39 Å². The summed E-state index contributed by atoms with van der Waals surface area (Å²) in [7, 11) is 1.42. The van der Waals surface area contributed by atoms with Crippen LogP contribution >= 0.6 is 28.1 Å². The van der Waals surface area contributed by atoms with Crippen LogP contribution in [-0.2, 0) is 6.61 Å². The van der Waals surface area contributed by atoms with Crippen molar-refractivity contribution in [1.82, 2.24) is 0 Å². The zero-order chi connectivity index (χ0) is 15.4. The van der Waals surface area contributed by atoms with Gasteiger partial charge in [-0.2, -0.15) is 0 Å². The Morgan fingerprint density at radius 2 is 1.95 bits per heavy atom. The average Bonchev–Trinajstić information content (AvgIpc) is 2.46. The molecule has 0 bridgehead atoms. The van der Waals surface area contributed by atoms with Crippen LogP contribution < -0.4 is 15.2 Å². The fraction of sp³-hybridized carbons (Fsp3) is 0.133. The predicted octanol–water partition coefficient (Wildman–Crippen LogP) is 3.81. The molecule has 0 radical (unpaired) electrons. The van der Waals surface area contributed by atoms with Crippen LogP contribution in [0.15, 0.2) is 40.9 Å². The lowest BCUT2D eigenvalue weighted by molar-refractivity contribution is 0.304. The molecule has 6 heteroatoms. The monoisotopic (exact) mass is 369 g/mol. The van der Waals surface area contributed by atoms with E-state index in [-0.39, 0.29) is 17.3 Å². The molecule has 0 spiro atoms. The van der Waals surface area contributed by atoms with E-state index in [1.807, 2.05) is 6.07 Å². The Labute approximate surface area is 136 Å². The molecule has 2 N–H and O–H groups in total. The Hall–Kier alpha value is -1.66. The SMILES string of the molecule is COc1ccc(COc2ccc(Br)cc2C(N)=S)cc1F. The normalized spacial score (nSPS) is 10.2. The third-order valence-corrected chi connectivity index (χ3v) is 3.53. The van der Waals surface area contributed by atoms with Crippen LogP contribution in [0.1, 0.15) is 11.1 Å². The van der Waals surface area contributed by atoms with Gasteiger partial charge in [0, 0.05) is 4.47 Å². The minimum Gasteiger partial charge on any atom is -0.494 e. The van der Waals surface area contributed by atoms with Crippen LogP contribution in [0.2, 0.25) is 0 Å². The third kappa shape index (κ3) is 3.92. The summed E-state index contributed by atoms with van der Waals surface area (Å²) < 4.78 is 25.0. The number of halogens is 2. The van der Waals surface area contributed by atoms with E-state index in [2.05, 4.69) is 15.9 Å². The molecule has 0 heterocycles. The topological polar surface area (TPSA) is 44.5 Å². The first-order chi connectivity index (χ1) is 10.0. The van der Waals surface area contributed by atoms with Gasteiger partial charge >= 0.3 is 0 Å². The number of methoxy groups -OCH3 is 1. The smallest absolute Gasteiger partial charge is 0.165 e. The lowest BCUT2D eigenvalue weighted by Gasteiger charge is -2.12. The lowest BCUT2D eigenvalue weighted by atomic mass is 10.2. The quantitative estimate of drug-likeness (QED) is 0.813. The van der Waals surface area contributed by atoms with Crippen LogP contribution in [0.25, 0.3) is 0 Å². The van der Waals surface area contributed by atoms with Gasteiger partial charge < -0.3 is 15.2 Å². The maximum absolute atomic E-state index is 13.6. The molecule has 0 unspecified atom stereocenters. The minimum absolute atomic E-state index is 0.200. The number of hydrogen-bond donors (Lipinski definition) is 1. The summed E-state index contributed by atoms with van der Waals surface area (Å²) in [6, 6.07) is 10.0. The van der Waals surface area contributed by atoms with Gasteiger partial charge in [0.1, 0.15) is 17.3 Å². The number of nitrogens with two attached hydrogens (primary N) is 1. The van der Waals surface area contributed by atoms with Gasteiger partial charge in [0.2, 0.25) is 0 Å². The molecule has 2 rings (SSSR count). The number of rotatable bonds is 5. The molecule has 0 aliphatic heterocycles. The second-order valence-electron chi connectivity index (χ2n) is 4.26. The van der Waals surface area contributed by atoms with Crippen molar-refractivity contribution in [3.63, 3.8) is 0 Å². The Balaban J connectivity index is 2.16. The van der Waals surface area contributed by atoms with Gasteiger partial charge in [0.15, 0.2) is 11.6 Å². The van der Waals surface area contributed by atoms with E-state index in [0.717, 1.165) is 4.47 Å². The van der Waals surface area contributed by atoms with Crippen molar-refractivity contribution in [3.8, 4) is 11.5 Å². The molecule has 2 aromatic rings. The summed E-state index contributed by atoms with van der Waals surface area (Å²) in [5.41, 5.74) is 6.99. The van der Waals surface area contributed by atoms with Crippen molar-refractivity contribution in [1.29, 1.82) is 0 Å². The second-order valence-corrected chi connectivity index (χ2v) is 5.62. The van der Waals surface area contributed by atoms with Crippen molar-refractivity contribution < 1.29 is 13.9 Å². The van der Waals surface area contributed by atoms with Crippen LogP contribution in [0, 0.1) is 5.82 Å². The summed E-state index contributed by atoms with van der Waals surface area (Å²) in [6.45, 7) is 0.207. The molecule has 0 saturated carbocycles. The molecule has 0 saturated heterocycles. The molecular weight excluding hydrogens is 357 g/mol. The number of hydrogen-bond acceptors (Lipinski definition) is 3. The molecule has 110 valence electrons. The summed E-state index contributed by atoms with van der Waals surface area (Å²) >= 11 is 8.35. The molecule has 0 aliphatic carbocycles. The standard InChI is InChI=1S/C15H13BrFNO2S/c1-19-14-4-2-9(6-12(14)17)8-20-13-5-3-10(16)7-11(13)15(18)21/h2-7H,8H2,1H3,(H2,18,21). The van der Waals surface area contributed by atoms with Crippen LogP contribution in [-0.4, -0.2) is 12.1 Å². The minimum atomic E-state index is -0.427. The van der Waals surface area contributed by atoms with Gasteiger partial charge in [-0.15, -0.1) is 0 Å². The number of benzene rings is 2. The van der Waals surface area contributed by atoms with Crippen molar-refractivity contribution in [2.45, 2.75) is 6.61 Å². The molecule has 0 amide bonds. The molecule has 21 heavy (non-hydrogen) atoms. The van der Waals surface area contributed by atoms with Gasteiger partial charge in [0.05, 0.1) is 12.7 Å². The predicted molar refractivity (Wildman–Crippen MR) is 87.3 cm³/mol. The number of thiocarbonyl (C=S) groups is 1. The first-order valence-electron chi connectivity index (χ1n) is 6.06.